The van der Waals surface area contributed by atoms with Crippen LogP contribution >= 0.6 is 7.82 Å². The van der Waals surface area contributed by atoms with Crippen LogP contribution in [0, 0.1) is 0 Å². The monoisotopic (exact) mass is 819 g/mol. The molecular formula is C46H75O10P. The number of allylic oxidation sites excluding steroid dienone is 16. The molecule has 0 aliphatic rings. The highest BCUT2D eigenvalue weighted by atomic mass is 31.2. The lowest BCUT2D eigenvalue weighted by molar-refractivity contribution is -0.153. The van der Waals surface area contributed by atoms with E-state index in [-0.39, 0.29) is 12.8 Å². The Bertz CT molecular complexity index is 1170. The molecule has 0 saturated carbocycles. The second kappa shape index (κ2) is 41.1. The average Bonchev–Trinajstić information content (AvgIpc) is 3.20. The first-order valence-corrected chi connectivity index (χ1v) is 22.7. The van der Waals surface area contributed by atoms with Crippen molar-refractivity contribution in [1.82, 2.24) is 0 Å². The molecule has 2 atom stereocenters. The molecule has 57 heavy (non-hydrogen) atoms. The molecular weight excluding hydrogens is 743 g/mol. The van der Waals surface area contributed by atoms with Gasteiger partial charge >= 0.3 is 19.8 Å². The fourth-order valence-corrected chi connectivity index (χ4v) is 5.88. The largest absolute Gasteiger partial charge is 0.472 e. The van der Waals surface area contributed by atoms with Gasteiger partial charge in [0.05, 0.1) is 26.4 Å². The van der Waals surface area contributed by atoms with Crippen molar-refractivity contribution in [2.75, 3.05) is 26.4 Å². The summed E-state index contributed by atoms with van der Waals surface area (Å²) in [7, 11) is -4.66. The van der Waals surface area contributed by atoms with Crippen molar-refractivity contribution in [1.29, 1.82) is 0 Å². The number of aliphatic hydroxyl groups is 2. The first-order chi connectivity index (χ1) is 27.8. The SMILES string of the molecule is CC/C=C\C/C=C\C/C=C\C/C=C\CCCCCCC(=O)OC(CO)COP(=O)(O)OCC(CO)OC(=O)CCCCCC/C=C\C/C=C\C/C=C\C/C=C\CC. The maximum Gasteiger partial charge on any atom is 0.472 e. The Labute approximate surface area is 344 Å². The molecule has 0 radical (unpaired) electrons. The van der Waals surface area contributed by atoms with E-state index in [1.165, 1.54) is 0 Å². The summed E-state index contributed by atoms with van der Waals surface area (Å²) in [6.45, 7) is 1.89. The highest BCUT2D eigenvalue weighted by Gasteiger charge is 2.27. The van der Waals surface area contributed by atoms with E-state index in [1.54, 1.807) is 0 Å². The Morgan fingerprint density at radius 1 is 0.474 bits per heavy atom. The van der Waals surface area contributed by atoms with Crippen LogP contribution in [0.2, 0.25) is 0 Å². The molecule has 0 spiro atoms. The summed E-state index contributed by atoms with van der Waals surface area (Å²) in [6.07, 6.45) is 49.5. The molecule has 0 amide bonds. The van der Waals surface area contributed by atoms with Gasteiger partial charge in [-0.3, -0.25) is 18.6 Å². The molecule has 11 heteroatoms. The van der Waals surface area contributed by atoms with E-state index in [1.807, 2.05) is 0 Å². The van der Waals surface area contributed by atoms with Gasteiger partial charge in [-0.2, -0.15) is 0 Å². The topological polar surface area (TPSA) is 149 Å². The third kappa shape index (κ3) is 39.5. The number of hydrogen-bond donors (Lipinski definition) is 3. The van der Waals surface area contributed by atoms with Crippen molar-refractivity contribution in [3.05, 3.63) is 97.2 Å². The normalized spacial score (nSPS) is 14.8. The van der Waals surface area contributed by atoms with Gasteiger partial charge < -0.3 is 24.6 Å². The molecule has 3 N–H and O–H groups in total. The summed E-state index contributed by atoms with van der Waals surface area (Å²) in [5, 5.41) is 19.2. The smallest absolute Gasteiger partial charge is 0.457 e. The van der Waals surface area contributed by atoms with Gasteiger partial charge in [0.25, 0.3) is 0 Å². The van der Waals surface area contributed by atoms with E-state index in [9.17, 15) is 29.3 Å². The second-order valence-corrected chi connectivity index (χ2v) is 15.0. The van der Waals surface area contributed by atoms with E-state index in [2.05, 4.69) is 111 Å². The molecule has 10 nitrogen and oxygen atoms in total. The molecule has 0 saturated heterocycles. The summed E-state index contributed by atoms with van der Waals surface area (Å²) in [5.41, 5.74) is 0. The van der Waals surface area contributed by atoms with Crippen LogP contribution in [0.5, 0.6) is 0 Å². The molecule has 0 aliphatic heterocycles. The van der Waals surface area contributed by atoms with E-state index < -0.39 is 58.4 Å². The number of rotatable bonds is 38. The van der Waals surface area contributed by atoms with E-state index in [0.29, 0.717) is 12.8 Å². The fourth-order valence-electron chi connectivity index (χ4n) is 5.09. The Hall–Kier alpha value is -3.11. The Morgan fingerprint density at radius 2 is 0.772 bits per heavy atom. The number of phosphoric ester groups is 1. The maximum atomic E-state index is 12.4. The van der Waals surface area contributed by atoms with Crippen LogP contribution in [0.25, 0.3) is 0 Å². The Balaban J connectivity index is 4.03. The quantitative estimate of drug-likeness (QED) is 0.0238. The van der Waals surface area contributed by atoms with Gasteiger partial charge in [-0.05, 0) is 89.9 Å². The molecule has 0 fully saturated rings. The fraction of sp³-hybridized carbons (Fsp3) is 0.609. The van der Waals surface area contributed by atoms with E-state index in [4.69, 9.17) is 18.5 Å². The second-order valence-electron chi connectivity index (χ2n) is 13.6. The van der Waals surface area contributed by atoms with E-state index >= 15 is 0 Å². The first-order valence-electron chi connectivity index (χ1n) is 21.2. The number of carbonyl (C=O) groups is 2. The Kier molecular flexibility index (Phi) is 38.8. The zero-order valence-corrected chi connectivity index (χ0v) is 35.9. The summed E-state index contributed by atoms with van der Waals surface area (Å²) in [6, 6.07) is 0. The lowest BCUT2D eigenvalue weighted by Gasteiger charge is -2.20. The third-order valence-corrected chi connectivity index (χ3v) is 9.24. The summed E-state index contributed by atoms with van der Waals surface area (Å²) in [4.78, 5) is 34.5. The van der Waals surface area contributed by atoms with Gasteiger partial charge in [0, 0.05) is 12.8 Å². The van der Waals surface area contributed by atoms with Gasteiger partial charge in [0.2, 0.25) is 0 Å². The van der Waals surface area contributed by atoms with Crippen LogP contribution in [-0.2, 0) is 32.7 Å². The summed E-state index contributed by atoms with van der Waals surface area (Å²) in [5.74, 6) is -1.08. The van der Waals surface area contributed by atoms with Crippen molar-refractivity contribution in [2.45, 2.75) is 154 Å². The number of hydrogen-bond acceptors (Lipinski definition) is 9. The summed E-state index contributed by atoms with van der Waals surface area (Å²) >= 11 is 0. The average molecular weight is 819 g/mol. The predicted octanol–water partition coefficient (Wildman–Crippen LogP) is 11.2. The third-order valence-electron chi connectivity index (χ3n) is 8.29. The molecule has 324 valence electrons. The van der Waals surface area contributed by atoms with Gasteiger partial charge in [-0.1, -0.05) is 137 Å². The van der Waals surface area contributed by atoms with Crippen LogP contribution in [0.4, 0.5) is 0 Å². The maximum absolute atomic E-state index is 12.4. The lowest BCUT2D eigenvalue weighted by atomic mass is 10.1. The predicted molar refractivity (Wildman–Crippen MR) is 232 cm³/mol. The van der Waals surface area contributed by atoms with Crippen LogP contribution in [0.3, 0.4) is 0 Å². The molecule has 0 aliphatic carbocycles. The number of unbranched alkanes of at least 4 members (excludes halogenated alkanes) is 8. The van der Waals surface area contributed by atoms with Crippen LogP contribution in [0.1, 0.15) is 142 Å². The van der Waals surface area contributed by atoms with Gasteiger partial charge in [-0.15, -0.1) is 0 Å². The number of aliphatic hydroxyl groups excluding tert-OH is 2. The molecule has 2 unspecified atom stereocenters. The number of ether oxygens (including phenoxy) is 2. The van der Waals surface area contributed by atoms with Crippen molar-refractivity contribution in [2.24, 2.45) is 0 Å². The number of carbonyl (C=O) groups excluding carboxylic acids is 2. The minimum Gasteiger partial charge on any atom is -0.457 e. The van der Waals surface area contributed by atoms with Crippen LogP contribution in [-0.4, -0.2) is 65.7 Å². The highest BCUT2D eigenvalue weighted by molar-refractivity contribution is 7.47. The van der Waals surface area contributed by atoms with Crippen molar-refractivity contribution in [3.63, 3.8) is 0 Å². The summed E-state index contributed by atoms with van der Waals surface area (Å²) < 4.78 is 32.5. The van der Waals surface area contributed by atoms with Gasteiger partial charge in [0.1, 0.15) is 12.2 Å². The van der Waals surface area contributed by atoms with Crippen LogP contribution in [0.15, 0.2) is 97.2 Å². The molecule has 0 bridgehead atoms. The number of esters is 2. The molecule has 0 heterocycles. The minimum atomic E-state index is -4.66. The highest BCUT2D eigenvalue weighted by Crippen LogP contribution is 2.43. The molecule has 0 aromatic heterocycles. The Morgan fingerprint density at radius 3 is 1.09 bits per heavy atom. The lowest BCUT2D eigenvalue weighted by Crippen LogP contribution is -2.28. The van der Waals surface area contributed by atoms with Crippen molar-refractivity contribution >= 4 is 19.8 Å². The molecule has 0 aromatic rings. The first kappa shape index (κ1) is 53.9. The minimum absolute atomic E-state index is 0.156. The standard InChI is InChI=1S/C46H75O10P/c1-3-5-7-9-11-13-15-17-19-21-23-25-27-29-31-33-35-37-45(49)55-43(39-47)41-53-57(51,52)54-42-44(40-48)56-46(50)38-36-34-32-30-28-26-24-22-20-18-16-14-12-10-8-6-4-2/h5-8,11-14,17-20,23-26,43-44,47-48H,3-4,9-10,15-16,21-22,27-42H2,1-2H3,(H,51,52)/b7-5-,8-6-,13-11-,14-12-,19-17-,20-18-,25-23-,26-24-. The van der Waals surface area contributed by atoms with Gasteiger partial charge in [-0.25, -0.2) is 4.57 Å². The van der Waals surface area contributed by atoms with Gasteiger partial charge in [0.15, 0.2) is 0 Å². The number of phosphoric acid groups is 1. The molecule has 0 rings (SSSR count). The van der Waals surface area contributed by atoms with E-state index in [0.717, 1.165) is 103 Å². The van der Waals surface area contributed by atoms with Crippen molar-refractivity contribution in [3.8, 4) is 0 Å². The van der Waals surface area contributed by atoms with Crippen LogP contribution < -0.4 is 0 Å². The van der Waals surface area contributed by atoms with Crippen molar-refractivity contribution < 1.29 is 47.8 Å². The zero-order valence-electron chi connectivity index (χ0n) is 35.0. The molecule has 0 aromatic carbocycles. The zero-order chi connectivity index (χ0) is 41.9.